The second kappa shape index (κ2) is 3.22. The lowest BCUT2D eigenvalue weighted by Crippen LogP contribution is -2.48. The third-order valence-corrected chi connectivity index (χ3v) is 1.89. The summed E-state index contributed by atoms with van der Waals surface area (Å²) < 4.78 is 5.18. The van der Waals surface area contributed by atoms with Gasteiger partial charge >= 0.3 is 0 Å². The van der Waals surface area contributed by atoms with Crippen LogP contribution in [0.1, 0.15) is 20.8 Å². The van der Waals surface area contributed by atoms with E-state index >= 15 is 0 Å². The molecule has 0 spiro atoms. The minimum atomic E-state index is 0.109. The van der Waals surface area contributed by atoms with Crippen molar-refractivity contribution in [2.24, 2.45) is 0 Å². The van der Waals surface area contributed by atoms with Gasteiger partial charge < -0.3 is 9.64 Å². The van der Waals surface area contributed by atoms with Crippen molar-refractivity contribution in [2.45, 2.75) is 32.9 Å². The van der Waals surface area contributed by atoms with Crippen molar-refractivity contribution in [2.75, 3.05) is 13.2 Å². The maximum Gasteiger partial charge on any atom is 0.248 e. The average Bonchev–Trinajstić information content (AvgIpc) is 1.94. The fourth-order valence-electron chi connectivity index (χ4n) is 1.23. The van der Waals surface area contributed by atoms with Crippen LogP contribution in [0.25, 0.3) is 0 Å². The number of rotatable bonds is 1. The predicted molar refractivity (Wildman–Crippen MR) is 42.3 cm³/mol. The van der Waals surface area contributed by atoms with Gasteiger partial charge in [-0.15, -0.1) is 0 Å². The van der Waals surface area contributed by atoms with Crippen LogP contribution in [0.4, 0.5) is 0 Å². The highest BCUT2D eigenvalue weighted by atomic mass is 16.5. The number of nitrogens with zero attached hydrogens (tertiary/aromatic N) is 1. The van der Waals surface area contributed by atoms with Crippen molar-refractivity contribution in [3.8, 4) is 0 Å². The highest BCUT2D eigenvalue weighted by Crippen LogP contribution is 2.08. The van der Waals surface area contributed by atoms with E-state index in [2.05, 4.69) is 0 Å². The van der Waals surface area contributed by atoms with E-state index in [1.165, 1.54) is 0 Å². The van der Waals surface area contributed by atoms with Crippen molar-refractivity contribution in [1.82, 2.24) is 4.90 Å². The van der Waals surface area contributed by atoms with E-state index in [-0.39, 0.29) is 18.6 Å². The van der Waals surface area contributed by atoms with Gasteiger partial charge in [0.2, 0.25) is 5.91 Å². The van der Waals surface area contributed by atoms with Gasteiger partial charge in [-0.25, -0.2) is 0 Å². The van der Waals surface area contributed by atoms with E-state index in [4.69, 9.17) is 4.74 Å². The fraction of sp³-hybridized carbons (Fsp3) is 0.875. The van der Waals surface area contributed by atoms with Gasteiger partial charge in [0.1, 0.15) is 6.61 Å². The molecule has 0 bridgehead atoms. The van der Waals surface area contributed by atoms with Gasteiger partial charge in [0.25, 0.3) is 0 Å². The Morgan fingerprint density at radius 2 is 2.27 bits per heavy atom. The van der Waals surface area contributed by atoms with Crippen LogP contribution < -0.4 is 0 Å². The Labute approximate surface area is 67.3 Å². The molecule has 0 aliphatic carbocycles. The van der Waals surface area contributed by atoms with E-state index in [9.17, 15) is 4.79 Å². The molecular weight excluding hydrogens is 142 g/mol. The molecular formula is C8H15NO2. The zero-order valence-corrected chi connectivity index (χ0v) is 7.33. The smallest absolute Gasteiger partial charge is 0.248 e. The molecule has 1 rings (SSSR count). The number of carbonyl (C=O) groups is 1. The first-order chi connectivity index (χ1) is 5.11. The van der Waals surface area contributed by atoms with Gasteiger partial charge in [-0.05, 0) is 20.8 Å². The monoisotopic (exact) mass is 157 g/mol. The summed E-state index contributed by atoms with van der Waals surface area (Å²) in [5, 5.41) is 0. The summed E-state index contributed by atoms with van der Waals surface area (Å²) in [5.41, 5.74) is 0. The highest BCUT2D eigenvalue weighted by molar-refractivity contribution is 5.78. The molecule has 0 saturated carbocycles. The summed E-state index contributed by atoms with van der Waals surface area (Å²) in [5.74, 6) is 0.109. The summed E-state index contributed by atoms with van der Waals surface area (Å²) in [6.07, 6.45) is 0.190. The van der Waals surface area contributed by atoms with Crippen LogP contribution in [-0.2, 0) is 9.53 Å². The largest absolute Gasteiger partial charge is 0.367 e. The SMILES string of the molecule is CC1CN(C(C)C)C(=O)CO1. The number of ether oxygens (including phenoxy) is 1. The van der Waals surface area contributed by atoms with Crippen LogP contribution >= 0.6 is 0 Å². The first-order valence-corrected chi connectivity index (χ1v) is 4.02. The Hall–Kier alpha value is -0.570. The van der Waals surface area contributed by atoms with Crippen LogP contribution in [0, 0.1) is 0 Å². The van der Waals surface area contributed by atoms with Crippen LogP contribution in [0.15, 0.2) is 0 Å². The maximum absolute atomic E-state index is 11.2. The summed E-state index contributed by atoms with van der Waals surface area (Å²) in [6, 6.07) is 0.300. The van der Waals surface area contributed by atoms with Crippen LogP contribution in [0.2, 0.25) is 0 Å². The number of morpholine rings is 1. The van der Waals surface area contributed by atoms with Crippen LogP contribution in [0.5, 0.6) is 0 Å². The second-order valence-corrected chi connectivity index (χ2v) is 3.26. The van der Waals surface area contributed by atoms with E-state index in [0.717, 1.165) is 6.54 Å². The summed E-state index contributed by atoms with van der Waals surface area (Å²) in [7, 11) is 0. The van der Waals surface area contributed by atoms with Gasteiger partial charge in [-0.3, -0.25) is 4.79 Å². The van der Waals surface area contributed by atoms with Crippen LogP contribution in [-0.4, -0.2) is 36.1 Å². The van der Waals surface area contributed by atoms with Crippen molar-refractivity contribution in [3.63, 3.8) is 0 Å². The normalized spacial score (nSPS) is 26.4. The zero-order valence-electron chi connectivity index (χ0n) is 7.33. The molecule has 0 aromatic rings. The lowest BCUT2D eigenvalue weighted by molar-refractivity contribution is -0.150. The van der Waals surface area contributed by atoms with Crippen molar-refractivity contribution in [1.29, 1.82) is 0 Å². The summed E-state index contributed by atoms with van der Waals surface area (Å²) in [4.78, 5) is 13.0. The second-order valence-electron chi connectivity index (χ2n) is 3.26. The van der Waals surface area contributed by atoms with Crippen LogP contribution in [0.3, 0.4) is 0 Å². The minimum Gasteiger partial charge on any atom is -0.367 e. The molecule has 1 aliphatic rings. The number of hydrogen-bond donors (Lipinski definition) is 0. The van der Waals surface area contributed by atoms with E-state index in [1.807, 2.05) is 25.7 Å². The standard InChI is InChI=1S/C8H15NO2/c1-6(2)9-4-7(3)11-5-8(9)10/h6-7H,4-5H2,1-3H3. The summed E-state index contributed by atoms with van der Waals surface area (Å²) >= 11 is 0. The zero-order chi connectivity index (χ0) is 8.43. The Morgan fingerprint density at radius 1 is 1.64 bits per heavy atom. The molecule has 1 saturated heterocycles. The Kier molecular flexibility index (Phi) is 2.49. The van der Waals surface area contributed by atoms with E-state index < -0.39 is 0 Å². The molecule has 1 unspecified atom stereocenters. The topological polar surface area (TPSA) is 29.5 Å². The maximum atomic E-state index is 11.2. The quantitative estimate of drug-likeness (QED) is 0.559. The average molecular weight is 157 g/mol. The molecule has 3 heteroatoms. The third-order valence-electron chi connectivity index (χ3n) is 1.89. The first-order valence-electron chi connectivity index (χ1n) is 4.02. The Morgan fingerprint density at radius 3 is 2.73 bits per heavy atom. The number of carbonyl (C=O) groups excluding carboxylic acids is 1. The van der Waals surface area contributed by atoms with Crippen molar-refractivity contribution < 1.29 is 9.53 Å². The van der Waals surface area contributed by atoms with Crippen molar-refractivity contribution >= 4 is 5.91 Å². The minimum absolute atomic E-state index is 0.109. The van der Waals surface area contributed by atoms with Gasteiger partial charge in [-0.1, -0.05) is 0 Å². The number of amides is 1. The molecule has 1 atom stereocenters. The molecule has 11 heavy (non-hydrogen) atoms. The molecule has 1 heterocycles. The van der Waals surface area contributed by atoms with Gasteiger partial charge in [0.15, 0.2) is 0 Å². The molecule has 64 valence electrons. The van der Waals surface area contributed by atoms with Gasteiger partial charge in [0, 0.05) is 12.6 Å². The Bertz CT molecular complexity index is 156. The summed E-state index contributed by atoms with van der Waals surface area (Å²) in [6.45, 7) is 7.02. The molecule has 0 aromatic heterocycles. The van der Waals surface area contributed by atoms with Gasteiger partial charge in [0.05, 0.1) is 6.10 Å². The molecule has 0 radical (unpaired) electrons. The highest BCUT2D eigenvalue weighted by Gasteiger charge is 2.24. The number of hydrogen-bond acceptors (Lipinski definition) is 2. The molecule has 3 nitrogen and oxygen atoms in total. The first kappa shape index (κ1) is 8.53. The molecule has 0 N–H and O–H groups in total. The lowest BCUT2D eigenvalue weighted by Gasteiger charge is -2.33. The molecule has 1 amide bonds. The molecule has 0 aromatic carbocycles. The molecule has 1 fully saturated rings. The Balaban J connectivity index is 2.54. The lowest BCUT2D eigenvalue weighted by atomic mass is 10.2. The van der Waals surface area contributed by atoms with Gasteiger partial charge in [-0.2, -0.15) is 0 Å². The molecule has 1 aliphatic heterocycles. The fourth-order valence-corrected chi connectivity index (χ4v) is 1.23. The predicted octanol–water partition coefficient (Wildman–Crippen LogP) is 0.642. The van der Waals surface area contributed by atoms with E-state index in [1.54, 1.807) is 0 Å². The third kappa shape index (κ3) is 1.93. The van der Waals surface area contributed by atoms with Crippen molar-refractivity contribution in [3.05, 3.63) is 0 Å². The van der Waals surface area contributed by atoms with E-state index in [0.29, 0.717) is 6.04 Å².